The van der Waals surface area contributed by atoms with Crippen molar-refractivity contribution in [3.05, 3.63) is 31.3 Å². The highest BCUT2D eigenvalue weighted by molar-refractivity contribution is 14.1. The summed E-state index contributed by atoms with van der Waals surface area (Å²) in [6.45, 7) is 0. The van der Waals surface area contributed by atoms with Gasteiger partial charge in [-0.2, -0.15) is 25.3 Å². The summed E-state index contributed by atoms with van der Waals surface area (Å²) in [5.41, 5.74) is 2.52. The van der Waals surface area contributed by atoms with E-state index in [1.807, 2.05) is 0 Å². The van der Waals surface area contributed by atoms with Crippen molar-refractivity contribution in [1.82, 2.24) is 0 Å². The van der Waals surface area contributed by atoms with E-state index in [9.17, 15) is 0 Å². The monoisotopic (exact) mass is 374 g/mol. The maximum absolute atomic E-state index is 4.28. The minimum atomic E-state index is 0.764. The predicted molar refractivity (Wildman–Crippen MR) is 72.2 cm³/mol. The van der Waals surface area contributed by atoms with E-state index < -0.39 is 0 Å². The van der Waals surface area contributed by atoms with Crippen molar-refractivity contribution in [2.45, 2.75) is 11.5 Å². The van der Waals surface area contributed by atoms with Gasteiger partial charge in [-0.1, -0.05) is 22.0 Å². The summed E-state index contributed by atoms with van der Waals surface area (Å²) in [6.07, 6.45) is 0. The molecule has 0 N–H and O–H groups in total. The van der Waals surface area contributed by atoms with Crippen LogP contribution in [0.15, 0.2) is 16.6 Å². The molecule has 0 fully saturated rings. The molecule has 0 aromatic heterocycles. The van der Waals surface area contributed by atoms with Crippen LogP contribution in [0.25, 0.3) is 0 Å². The van der Waals surface area contributed by atoms with E-state index >= 15 is 0 Å². The van der Waals surface area contributed by atoms with Gasteiger partial charge >= 0.3 is 0 Å². The van der Waals surface area contributed by atoms with E-state index in [0.717, 1.165) is 16.0 Å². The van der Waals surface area contributed by atoms with Crippen LogP contribution in [0.1, 0.15) is 11.1 Å². The molecular weight excluding hydrogens is 367 g/mol. The first-order valence-corrected chi connectivity index (χ1v) is 6.51. The summed E-state index contributed by atoms with van der Waals surface area (Å²) in [6, 6.07) is 4.14. The van der Waals surface area contributed by atoms with E-state index in [1.165, 1.54) is 14.7 Å². The molecule has 0 heterocycles. The third-order valence-corrected chi connectivity index (χ3v) is 4.34. The molecule has 0 nitrogen and oxygen atoms in total. The van der Waals surface area contributed by atoms with Crippen molar-refractivity contribution >= 4 is 63.8 Å². The van der Waals surface area contributed by atoms with Crippen LogP contribution in [0.4, 0.5) is 0 Å². The van der Waals surface area contributed by atoms with Gasteiger partial charge in [0, 0.05) is 19.5 Å². The largest absolute Gasteiger partial charge is 0.175 e. The van der Waals surface area contributed by atoms with E-state index in [0.29, 0.717) is 0 Å². The molecule has 0 saturated heterocycles. The van der Waals surface area contributed by atoms with Crippen molar-refractivity contribution in [3.8, 4) is 0 Å². The van der Waals surface area contributed by atoms with E-state index in [4.69, 9.17) is 0 Å². The van der Waals surface area contributed by atoms with Crippen LogP contribution < -0.4 is 0 Å². The standard InChI is InChI=1S/C8H8BrIS2/c9-7-2-1-5(3-11)8(10)6(7)4-12/h1-2,11-12H,3-4H2. The Morgan fingerprint density at radius 2 is 1.92 bits per heavy atom. The molecule has 0 unspecified atom stereocenters. The molecule has 0 aliphatic rings. The van der Waals surface area contributed by atoms with E-state index in [2.05, 4.69) is 75.9 Å². The molecule has 0 radical (unpaired) electrons. The Balaban J connectivity index is 3.24. The Labute approximate surface area is 106 Å². The number of benzene rings is 1. The van der Waals surface area contributed by atoms with Crippen molar-refractivity contribution in [2.24, 2.45) is 0 Å². The Kier molecular flexibility index (Phi) is 4.78. The quantitative estimate of drug-likeness (QED) is 0.569. The molecule has 4 heteroatoms. The van der Waals surface area contributed by atoms with Crippen molar-refractivity contribution in [1.29, 1.82) is 0 Å². The highest BCUT2D eigenvalue weighted by Gasteiger charge is 2.06. The van der Waals surface area contributed by atoms with E-state index in [-0.39, 0.29) is 0 Å². The summed E-state index contributed by atoms with van der Waals surface area (Å²) < 4.78 is 2.40. The Morgan fingerprint density at radius 3 is 2.42 bits per heavy atom. The summed E-state index contributed by atoms with van der Waals surface area (Å²) >= 11 is 14.4. The lowest BCUT2D eigenvalue weighted by molar-refractivity contribution is 1.28. The second kappa shape index (κ2) is 5.12. The molecule has 12 heavy (non-hydrogen) atoms. The van der Waals surface area contributed by atoms with Crippen LogP contribution in [-0.4, -0.2) is 0 Å². The van der Waals surface area contributed by atoms with Gasteiger partial charge in [0.25, 0.3) is 0 Å². The number of hydrogen-bond donors (Lipinski definition) is 2. The summed E-state index contributed by atoms with van der Waals surface area (Å²) in [5, 5.41) is 0. The summed E-state index contributed by atoms with van der Waals surface area (Å²) in [4.78, 5) is 0. The van der Waals surface area contributed by atoms with Gasteiger partial charge in [-0.25, -0.2) is 0 Å². The highest BCUT2D eigenvalue weighted by atomic mass is 127. The maximum atomic E-state index is 4.28. The fraction of sp³-hybridized carbons (Fsp3) is 0.250. The number of halogens is 2. The molecule has 0 aliphatic heterocycles. The van der Waals surface area contributed by atoms with Crippen molar-refractivity contribution in [3.63, 3.8) is 0 Å². The topological polar surface area (TPSA) is 0 Å². The minimum absolute atomic E-state index is 0.764. The lowest BCUT2D eigenvalue weighted by atomic mass is 10.2. The number of thiol groups is 2. The van der Waals surface area contributed by atoms with Gasteiger partial charge in [0.05, 0.1) is 0 Å². The second-order valence-electron chi connectivity index (χ2n) is 2.32. The van der Waals surface area contributed by atoms with Gasteiger partial charge in [0.2, 0.25) is 0 Å². The molecule has 1 rings (SSSR count). The molecule has 0 amide bonds. The third-order valence-electron chi connectivity index (χ3n) is 1.59. The van der Waals surface area contributed by atoms with E-state index in [1.54, 1.807) is 0 Å². The van der Waals surface area contributed by atoms with Gasteiger partial charge in [-0.05, 0) is 39.8 Å². The lowest BCUT2D eigenvalue weighted by Gasteiger charge is -2.08. The van der Waals surface area contributed by atoms with Crippen LogP contribution in [0, 0.1) is 3.57 Å². The Bertz CT molecular complexity index is 289. The lowest BCUT2D eigenvalue weighted by Crippen LogP contribution is -1.92. The molecular formula is C8H8BrIS2. The fourth-order valence-corrected chi connectivity index (χ4v) is 4.02. The van der Waals surface area contributed by atoms with Crippen LogP contribution in [0.5, 0.6) is 0 Å². The average molecular weight is 375 g/mol. The molecule has 0 spiro atoms. The molecule has 0 bridgehead atoms. The fourth-order valence-electron chi connectivity index (χ4n) is 0.913. The average Bonchev–Trinajstić information content (AvgIpc) is 2.06. The SMILES string of the molecule is SCc1ccc(Br)c(CS)c1I. The zero-order valence-electron chi connectivity index (χ0n) is 6.22. The predicted octanol–water partition coefficient (Wildman–Crippen LogP) is 3.91. The molecule has 0 saturated carbocycles. The zero-order valence-corrected chi connectivity index (χ0v) is 11.8. The normalized spacial score (nSPS) is 10.3. The van der Waals surface area contributed by atoms with Gasteiger partial charge in [-0.3, -0.25) is 0 Å². The highest BCUT2D eigenvalue weighted by Crippen LogP contribution is 2.27. The number of rotatable bonds is 2. The van der Waals surface area contributed by atoms with Crippen LogP contribution in [-0.2, 0) is 11.5 Å². The van der Waals surface area contributed by atoms with Crippen molar-refractivity contribution < 1.29 is 0 Å². The molecule has 0 atom stereocenters. The Morgan fingerprint density at radius 1 is 1.25 bits per heavy atom. The van der Waals surface area contributed by atoms with Crippen LogP contribution >= 0.6 is 63.8 Å². The van der Waals surface area contributed by atoms with Crippen molar-refractivity contribution in [2.75, 3.05) is 0 Å². The van der Waals surface area contributed by atoms with Gasteiger partial charge < -0.3 is 0 Å². The first kappa shape index (κ1) is 11.2. The van der Waals surface area contributed by atoms with Gasteiger partial charge in [0.15, 0.2) is 0 Å². The molecule has 1 aromatic rings. The smallest absolute Gasteiger partial charge is 0.0226 e. The first-order valence-electron chi connectivity index (χ1n) is 3.38. The molecule has 1 aromatic carbocycles. The number of hydrogen-bond acceptors (Lipinski definition) is 2. The van der Waals surface area contributed by atoms with Gasteiger partial charge in [0.1, 0.15) is 0 Å². The van der Waals surface area contributed by atoms with Gasteiger partial charge in [-0.15, -0.1) is 0 Å². The second-order valence-corrected chi connectivity index (χ2v) is 4.88. The minimum Gasteiger partial charge on any atom is -0.175 e. The Hall–Kier alpha value is 1.13. The van der Waals surface area contributed by atoms with Crippen LogP contribution in [0.3, 0.4) is 0 Å². The summed E-state index contributed by atoms with van der Waals surface area (Å²) in [5.74, 6) is 1.55. The first-order chi connectivity index (χ1) is 5.70. The molecule has 0 aliphatic carbocycles. The third kappa shape index (κ3) is 2.33. The van der Waals surface area contributed by atoms with Crippen LogP contribution in [0.2, 0.25) is 0 Å². The maximum Gasteiger partial charge on any atom is 0.0226 e. The molecule has 66 valence electrons. The summed E-state index contributed by atoms with van der Waals surface area (Å²) in [7, 11) is 0. The zero-order chi connectivity index (χ0) is 9.14.